The molecule has 1 aromatic rings. The van der Waals surface area contributed by atoms with Crippen molar-refractivity contribution in [3.63, 3.8) is 0 Å². The Bertz CT molecular complexity index is 389. The molecule has 0 spiro atoms. The van der Waals surface area contributed by atoms with Gasteiger partial charge in [0.2, 0.25) is 0 Å². The zero-order chi connectivity index (χ0) is 12.5. The fraction of sp³-hybridized carbons (Fsp3) is 0.786. The number of hydrogen-bond acceptors (Lipinski definition) is 4. The summed E-state index contributed by atoms with van der Waals surface area (Å²) in [7, 11) is 2.30. The van der Waals surface area contributed by atoms with Gasteiger partial charge in [0.1, 0.15) is 5.01 Å². The van der Waals surface area contributed by atoms with Crippen LogP contribution in [0.4, 0.5) is 0 Å². The molecule has 3 nitrogen and oxygen atoms in total. The predicted molar refractivity (Wildman–Crippen MR) is 75.9 cm³/mol. The molecular weight excluding hydrogens is 242 g/mol. The molecule has 18 heavy (non-hydrogen) atoms. The van der Waals surface area contributed by atoms with Crippen molar-refractivity contribution in [3.05, 3.63) is 16.1 Å². The number of thiazole rings is 1. The van der Waals surface area contributed by atoms with Crippen molar-refractivity contribution in [3.8, 4) is 0 Å². The maximum atomic E-state index is 4.49. The standard InChI is InChI=1S/C14H23N3S/c1-3-13-8-16-14(18-13)9-15-10-6-11-4-5-12(7-10)17(11)2/h8,10-12,15H,3-7,9H2,1-2H3. The molecular formula is C14H23N3S. The maximum absolute atomic E-state index is 4.49. The van der Waals surface area contributed by atoms with E-state index in [-0.39, 0.29) is 0 Å². The van der Waals surface area contributed by atoms with E-state index in [9.17, 15) is 0 Å². The molecule has 2 aliphatic heterocycles. The first-order chi connectivity index (χ1) is 8.76. The fourth-order valence-corrected chi connectivity index (χ4v) is 4.22. The minimum Gasteiger partial charge on any atom is -0.308 e. The van der Waals surface area contributed by atoms with Crippen LogP contribution in [0.25, 0.3) is 0 Å². The second kappa shape index (κ2) is 5.27. The normalized spacial score (nSPS) is 32.0. The van der Waals surface area contributed by atoms with E-state index in [2.05, 4.69) is 29.2 Å². The monoisotopic (exact) mass is 265 g/mol. The SMILES string of the molecule is CCc1cnc(CNC2CC3CCC(C2)N3C)s1. The largest absolute Gasteiger partial charge is 0.308 e. The molecule has 2 fully saturated rings. The molecule has 2 bridgehead atoms. The van der Waals surface area contributed by atoms with Crippen molar-refractivity contribution in [2.24, 2.45) is 0 Å². The second-order valence-electron chi connectivity index (χ2n) is 5.67. The third-order valence-corrected chi connectivity index (χ3v) is 5.73. The third kappa shape index (κ3) is 2.46. The molecule has 3 rings (SSSR count). The van der Waals surface area contributed by atoms with Crippen molar-refractivity contribution in [2.45, 2.75) is 63.7 Å². The zero-order valence-corrected chi connectivity index (χ0v) is 12.2. The van der Waals surface area contributed by atoms with Gasteiger partial charge in [-0.15, -0.1) is 11.3 Å². The lowest BCUT2D eigenvalue weighted by Gasteiger charge is -2.36. The molecule has 4 heteroatoms. The molecule has 0 aliphatic carbocycles. The molecule has 1 aromatic heterocycles. The summed E-state index contributed by atoms with van der Waals surface area (Å²) in [6.07, 6.45) is 8.57. The summed E-state index contributed by atoms with van der Waals surface area (Å²) in [5.41, 5.74) is 0. The van der Waals surface area contributed by atoms with Gasteiger partial charge < -0.3 is 10.2 Å². The van der Waals surface area contributed by atoms with Crippen LogP contribution < -0.4 is 5.32 Å². The summed E-state index contributed by atoms with van der Waals surface area (Å²) in [6, 6.07) is 2.35. The van der Waals surface area contributed by atoms with E-state index in [1.54, 1.807) is 0 Å². The van der Waals surface area contributed by atoms with Crippen molar-refractivity contribution in [1.29, 1.82) is 0 Å². The molecule has 100 valence electrons. The number of aryl methyl sites for hydroxylation is 1. The zero-order valence-electron chi connectivity index (χ0n) is 11.4. The molecule has 0 radical (unpaired) electrons. The number of aromatic nitrogens is 1. The van der Waals surface area contributed by atoms with Gasteiger partial charge in [0.25, 0.3) is 0 Å². The maximum Gasteiger partial charge on any atom is 0.107 e. The number of nitrogens with one attached hydrogen (secondary N) is 1. The fourth-order valence-electron chi connectivity index (χ4n) is 3.40. The van der Waals surface area contributed by atoms with Gasteiger partial charge in [-0.2, -0.15) is 0 Å². The number of piperidine rings is 1. The van der Waals surface area contributed by atoms with Crippen LogP contribution in [0.1, 0.15) is 42.5 Å². The van der Waals surface area contributed by atoms with E-state index in [1.165, 1.54) is 35.6 Å². The number of nitrogens with zero attached hydrogens (tertiary/aromatic N) is 2. The van der Waals surface area contributed by atoms with Gasteiger partial charge in [-0.25, -0.2) is 4.98 Å². The number of fused-ring (bicyclic) bond motifs is 2. The molecule has 2 saturated heterocycles. The van der Waals surface area contributed by atoms with Crippen LogP contribution in [0.5, 0.6) is 0 Å². The molecule has 0 aromatic carbocycles. The van der Waals surface area contributed by atoms with Gasteiger partial charge in [-0.1, -0.05) is 6.92 Å². The van der Waals surface area contributed by atoms with Crippen molar-refractivity contribution >= 4 is 11.3 Å². The van der Waals surface area contributed by atoms with Gasteiger partial charge in [0.05, 0.1) is 0 Å². The minimum atomic E-state index is 0.702. The average molecular weight is 265 g/mol. The van der Waals surface area contributed by atoms with Gasteiger partial charge in [0.15, 0.2) is 0 Å². The second-order valence-corrected chi connectivity index (χ2v) is 6.87. The highest BCUT2D eigenvalue weighted by Gasteiger charge is 2.38. The van der Waals surface area contributed by atoms with E-state index in [1.807, 2.05) is 17.5 Å². The Morgan fingerprint density at radius 2 is 2.11 bits per heavy atom. The molecule has 2 atom stereocenters. The Hall–Kier alpha value is -0.450. The van der Waals surface area contributed by atoms with E-state index in [0.717, 1.165) is 25.0 Å². The van der Waals surface area contributed by atoms with Crippen molar-refractivity contribution in [1.82, 2.24) is 15.2 Å². The Kier molecular flexibility index (Phi) is 3.68. The lowest BCUT2D eigenvalue weighted by molar-refractivity contribution is 0.148. The van der Waals surface area contributed by atoms with Gasteiger partial charge >= 0.3 is 0 Å². The van der Waals surface area contributed by atoms with Gasteiger partial charge in [0, 0.05) is 35.7 Å². The Balaban J connectivity index is 1.52. The molecule has 2 aliphatic rings. The highest BCUT2D eigenvalue weighted by atomic mass is 32.1. The molecule has 3 heterocycles. The van der Waals surface area contributed by atoms with Crippen LogP contribution in [-0.4, -0.2) is 35.1 Å². The minimum absolute atomic E-state index is 0.702. The molecule has 1 N–H and O–H groups in total. The summed E-state index contributed by atoms with van der Waals surface area (Å²) >= 11 is 1.86. The molecule has 2 unspecified atom stereocenters. The lowest BCUT2D eigenvalue weighted by Crippen LogP contribution is -2.46. The first-order valence-electron chi connectivity index (χ1n) is 7.15. The van der Waals surface area contributed by atoms with Crippen LogP contribution in [0.3, 0.4) is 0 Å². The predicted octanol–water partition coefficient (Wildman–Crippen LogP) is 2.42. The van der Waals surface area contributed by atoms with Crippen molar-refractivity contribution in [2.75, 3.05) is 7.05 Å². The smallest absolute Gasteiger partial charge is 0.107 e. The molecule has 0 saturated carbocycles. The Morgan fingerprint density at radius 1 is 1.39 bits per heavy atom. The summed E-state index contributed by atoms with van der Waals surface area (Å²) in [5.74, 6) is 0. The number of rotatable bonds is 4. The average Bonchev–Trinajstić information content (AvgIpc) is 2.90. The van der Waals surface area contributed by atoms with Crippen LogP contribution in [0, 0.1) is 0 Å². The lowest BCUT2D eigenvalue weighted by atomic mass is 9.98. The number of hydrogen-bond donors (Lipinski definition) is 1. The topological polar surface area (TPSA) is 28.2 Å². The van der Waals surface area contributed by atoms with Crippen LogP contribution in [0.15, 0.2) is 6.20 Å². The first kappa shape index (κ1) is 12.6. The summed E-state index contributed by atoms with van der Waals surface area (Å²) in [6.45, 7) is 3.15. The highest BCUT2D eigenvalue weighted by molar-refractivity contribution is 7.11. The van der Waals surface area contributed by atoms with E-state index in [0.29, 0.717) is 6.04 Å². The van der Waals surface area contributed by atoms with Crippen LogP contribution >= 0.6 is 11.3 Å². The van der Waals surface area contributed by atoms with E-state index < -0.39 is 0 Å². The Morgan fingerprint density at radius 3 is 2.72 bits per heavy atom. The van der Waals surface area contributed by atoms with Gasteiger partial charge in [-0.05, 0) is 39.2 Å². The van der Waals surface area contributed by atoms with E-state index in [4.69, 9.17) is 0 Å². The summed E-state index contributed by atoms with van der Waals surface area (Å²) in [4.78, 5) is 8.48. The third-order valence-electron chi connectivity index (χ3n) is 4.59. The molecule has 0 amide bonds. The van der Waals surface area contributed by atoms with E-state index >= 15 is 0 Å². The summed E-state index contributed by atoms with van der Waals surface area (Å²) in [5, 5.41) is 4.97. The van der Waals surface area contributed by atoms with Crippen molar-refractivity contribution < 1.29 is 0 Å². The van der Waals surface area contributed by atoms with Crippen LogP contribution in [0.2, 0.25) is 0 Å². The van der Waals surface area contributed by atoms with Crippen LogP contribution in [-0.2, 0) is 13.0 Å². The van der Waals surface area contributed by atoms with Gasteiger partial charge in [-0.3, -0.25) is 0 Å². The summed E-state index contributed by atoms with van der Waals surface area (Å²) < 4.78 is 0. The first-order valence-corrected chi connectivity index (χ1v) is 7.96. The highest BCUT2D eigenvalue weighted by Crippen LogP contribution is 2.34. The Labute approximate surface area is 114 Å². The quantitative estimate of drug-likeness (QED) is 0.906.